The van der Waals surface area contributed by atoms with Gasteiger partial charge in [0.05, 0.1) is 6.54 Å². The smallest absolute Gasteiger partial charge is 0.140 e. The summed E-state index contributed by atoms with van der Waals surface area (Å²) in [5.41, 5.74) is 0. The Balaban J connectivity index is 2.51. The van der Waals surface area contributed by atoms with Gasteiger partial charge in [-0.05, 0) is 0 Å². The summed E-state index contributed by atoms with van der Waals surface area (Å²) in [5.74, 6) is 1.10. The lowest BCUT2D eigenvalue weighted by molar-refractivity contribution is 0.914. The topological polar surface area (TPSA) is 17.3 Å². The summed E-state index contributed by atoms with van der Waals surface area (Å²) in [5, 5.41) is 2.54. The molecule has 2 nitrogen and oxygen atoms in total. The van der Waals surface area contributed by atoms with Crippen molar-refractivity contribution in [1.29, 1.82) is 0 Å². The molecule has 1 aromatic carbocycles. The molecule has 0 bridgehead atoms. The number of hydrogen-bond donors (Lipinski definition) is 0. The molecule has 0 radical (unpaired) electrons. The van der Waals surface area contributed by atoms with Gasteiger partial charge in [-0.1, -0.05) is 24.3 Å². The molecule has 2 heteroatoms. The van der Waals surface area contributed by atoms with Gasteiger partial charge >= 0.3 is 0 Å². The molecular weight excluding hydrogens is 148 g/mol. The van der Waals surface area contributed by atoms with Crippen molar-refractivity contribution in [3.63, 3.8) is 0 Å². The van der Waals surface area contributed by atoms with E-state index in [1.807, 2.05) is 6.21 Å². The van der Waals surface area contributed by atoms with Crippen LogP contribution in [0.4, 0.5) is 5.82 Å². The standard InChI is InChI=1S/C10H8N2/c1-2-4-9-8(3-1)7-12-6-5-11-10(9)12/h1-5,7H,6H2. The van der Waals surface area contributed by atoms with Crippen molar-refractivity contribution >= 4 is 22.8 Å². The van der Waals surface area contributed by atoms with Crippen LogP contribution in [0, 0.1) is 0 Å². The van der Waals surface area contributed by atoms with Crippen molar-refractivity contribution in [2.24, 2.45) is 4.99 Å². The third kappa shape index (κ3) is 0.619. The number of hydrogen-bond acceptors (Lipinski definition) is 1. The number of nitrogens with zero attached hydrogens (tertiary/aromatic N) is 2. The molecule has 0 N–H and O–H groups in total. The van der Waals surface area contributed by atoms with Crippen LogP contribution in [0.25, 0.3) is 10.8 Å². The fraction of sp³-hybridized carbons (Fsp3) is 0.100. The van der Waals surface area contributed by atoms with E-state index < -0.39 is 0 Å². The number of fused-ring (bicyclic) bond motifs is 3. The van der Waals surface area contributed by atoms with Gasteiger partial charge in [0.25, 0.3) is 0 Å². The van der Waals surface area contributed by atoms with Crippen LogP contribution in [-0.2, 0) is 6.54 Å². The van der Waals surface area contributed by atoms with Gasteiger partial charge in [0.15, 0.2) is 0 Å². The molecule has 0 amide bonds. The zero-order valence-corrected chi connectivity index (χ0v) is 6.57. The molecule has 0 spiro atoms. The van der Waals surface area contributed by atoms with Crippen LogP contribution >= 0.6 is 0 Å². The molecule has 2 aromatic rings. The second kappa shape index (κ2) is 1.97. The maximum atomic E-state index is 4.33. The van der Waals surface area contributed by atoms with Gasteiger partial charge in [-0.3, -0.25) is 0 Å². The minimum atomic E-state index is 0.921. The first-order valence-electron chi connectivity index (χ1n) is 4.05. The quantitative estimate of drug-likeness (QED) is 0.557. The lowest BCUT2D eigenvalue weighted by Gasteiger charge is -1.90. The highest BCUT2D eigenvalue weighted by atomic mass is 15.1. The van der Waals surface area contributed by atoms with Gasteiger partial charge in [-0.15, -0.1) is 0 Å². The van der Waals surface area contributed by atoms with Crippen LogP contribution in [0.1, 0.15) is 0 Å². The third-order valence-corrected chi connectivity index (χ3v) is 2.26. The number of rotatable bonds is 0. The summed E-state index contributed by atoms with van der Waals surface area (Å²) in [4.78, 5) is 4.33. The van der Waals surface area contributed by atoms with E-state index in [1.165, 1.54) is 10.8 Å². The van der Waals surface area contributed by atoms with E-state index in [1.54, 1.807) is 0 Å². The molecule has 1 aromatic heterocycles. The molecule has 58 valence electrons. The van der Waals surface area contributed by atoms with Crippen LogP contribution in [0.3, 0.4) is 0 Å². The first kappa shape index (κ1) is 6.00. The van der Waals surface area contributed by atoms with Crippen molar-refractivity contribution < 1.29 is 0 Å². The Morgan fingerprint density at radius 1 is 1.25 bits per heavy atom. The summed E-state index contributed by atoms with van der Waals surface area (Å²) in [6.07, 6.45) is 4.10. The number of aromatic nitrogens is 1. The Bertz CT molecular complexity index is 466. The van der Waals surface area contributed by atoms with Gasteiger partial charge in [0.2, 0.25) is 0 Å². The minimum Gasteiger partial charge on any atom is -0.327 e. The van der Waals surface area contributed by atoms with E-state index in [0.29, 0.717) is 0 Å². The van der Waals surface area contributed by atoms with Crippen LogP contribution in [-0.4, -0.2) is 10.8 Å². The molecule has 0 atom stereocenters. The van der Waals surface area contributed by atoms with Crippen molar-refractivity contribution in [2.75, 3.05) is 0 Å². The Kier molecular flexibility index (Phi) is 0.987. The maximum Gasteiger partial charge on any atom is 0.140 e. The summed E-state index contributed by atoms with van der Waals surface area (Å²) < 4.78 is 2.17. The van der Waals surface area contributed by atoms with E-state index in [0.717, 1.165) is 12.4 Å². The van der Waals surface area contributed by atoms with Gasteiger partial charge in [-0.25, -0.2) is 4.99 Å². The Morgan fingerprint density at radius 3 is 3.17 bits per heavy atom. The zero-order chi connectivity index (χ0) is 7.97. The zero-order valence-electron chi connectivity index (χ0n) is 6.57. The molecular formula is C10H8N2. The van der Waals surface area contributed by atoms with Crippen molar-refractivity contribution in [3.05, 3.63) is 30.5 Å². The van der Waals surface area contributed by atoms with E-state index in [-0.39, 0.29) is 0 Å². The molecule has 1 aliphatic heterocycles. The van der Waals surface area contributed by atoms with Crippen molar-refractivity contribution in [2.45, 2.75) is 6.54 Å². The molecule has 2 heterocycles. The monoisotopic (exact) mass is 156 g/mol. The van der Waals surface area contributed by atoms with Crippen LogP contribution < -0.4 is 0 Å². The van der Waals surface area contributed by atoms with Gasteiger partial charge in [-0.2, -0.15) is 0 Å². The normalized spacial score (nSPS) is 14.0. The first-order valence-corrected chi connectivity index (χ1v) is 4.05. The van der Waals surface area contributed by atoms with E-state index in [4.69, 9.17) is 0 Å². The van der Waals surface area contributed by atoms with Gasteiger partial charge in [0.1, 0.15) is 5.82 Å². The predicted molar refractivity (Wildman–Crippen MR) is 50.1 cm³/mol. The average Bonchev–Trinajstić information content (AvgIpc) is 2.62. The fourth-order valence-electron chi connectivity index (χ4n) is 1.70. The van der Waals surface area contributed by atoms with Crippen molar-refractivity contribution in [3.8, 4) is 0 Å². The summed E-state index contributed by atoms with van der Waals surface area (Å²) in [7, 11) is 0. The average molecular weight is 156 g/mol. The van der Waals surface area contributed by atoms with Crippen LogP contribution in [0.5, 0.6) is 0 Å². The van der Waals surface area contributed by atoms with E-state index in [9.17, 15) is 0 Å². The van der Waals surface area contributed by atoms with Gasteiger partial charge in [0, 0.05) is 23.2 Å². The highest BCUT2D eigenvalue weighted by molar-refractivity contribution is 5.95. The number of aliphatic imine (C=N–C) groups is 1. The molecule has 0 saturated heterocycles. The minimum absolute atomic E-state index is 0.921. The summed E-state index contributed by atoms with van der Waals surface area (Å²) in [6, 6.07) is 8.35. The highest BCUT2D eigenvalue weighted by Gasteiger charge is 2.09. The predicted octanol–water partition coefficient (Wildman–Crippen LogP) is 2.36. The summed E-state index contributed by atoms with van der Waals surface area (Å²) in [6.45, 7) is 0.921. The molecule has 0 saturated carbocycles. The Morgan fingerprint density at radius 2 is 2.17 bits per heavy atom. The second-order valence-electron chi connectivity index (χ2n) is 3.00. The number of benzene rings is 1. The Hall–Kier alpha value is -1.57. The molecule has 0 unspecified atom stereocenters. The second-order valence-corrected chi connectivity index (χ2v) is 3.00. The first-order chi connectivity index (χ1) is 5.95. The van der Waals surface area contributed by atoms with E-state index >= 15 is 0 Å². The van der Waals surface area contributed by atoms with Crippen LogP contribution in [0.15, 0.2) is 35.5 Å². The Labute approximate surface area is 70.2 Å². The van der Waals surface area contributed by atoms with Gasteiger partial charge < -0.3 is 4.57 Å². The van der Waals surface area contributed by atoms with E-state index in [2.05, 4.69) is 40.0 Å². The largest absolute Gasteiger partial charge is 0.327 e. The SMILES string of the molecule is C1=Nc2c3ccccc3cn2C1. The highest BCUT2D eigenvalue weighted by Crippen LogP contribution is 2.29. The van der Waals surface area contributed by atoms with Crippen molar-refractivity contribution in [1.82, 2.24) is 4.57 Å². The molecule has 12 heavy (non-hydrogen) atoms. The maximum absolute atomic E-state index is 4.33. The lowest BCUT2D eigenvalue weighted by atomic mass is 10.2. The molecule has 1 aliphatic rings. The fourth-order valence-corrected chi connectivity index (χ4v) is 1.70. The lowest BCUT2D eigenvalue weighted by Crippen LogP contribution is -1.87. The summed E-state index contributed by atoms with van der Waals surface area (Å²) >= 11 is 0. The van der Waals surface area contributed by atoms with Crippen LogP contribution in [0.2, 0.25) is 0 Å². The molecule has 3 rings (SSSR count). The third-order valence-electron chi connectivity index (χ3n) is 2.26. The molecule has 0 aliphatic carbocycles. The molecule has 0 fully saturated rings.